The van der Waals surface area contributed by atoms with Crippen LogP contribution in [0, 0.1) is 6.92 Å². The molecule has 0 heterocycles. The molecule has 1 aromatic rings. The fourth-order valence-electron chi connectivity index (χ4n) is 2.53. The van der Waals surface area contributed by atoms with Crippen molar-refractivity contribution in [1.29, 1.82) is 0 Å². The summed E-state index contributed by atoms with van der Waals surface area (Å²) in [6.07, 6.45) is 0.870. The molecule has 1 nitrogen and oxygen atoms in total. The maximum atomic E-state index is 12.6. The first-order valence-corrected chi connectivity index (χ1v) is 7.78. The predicted molar refractivity (Wildman–Crippen MR) is 81.5 cm³/mol. The summed E-state index contributed by atoms with van der Waals surface area (Å²) in [7, 11) is 0. The van der Waals surface area contributed by atoms with E-state index in [0.717, 1.165) is 49.8 Å². The summed E-state index contributed by atoms with van der Waals surface area (Å²) in [4.78, 5) is 0. The Hall–Kier alpha value is -1.03. The topological polar surface area (TPSA) is 12.0 Å². The molecule has 0 aliphatic rings. The Balaban J connectivity index is 2.65. The van der Waals surface area contributed by atoms with E-state index in [1.165, 1.54) is 12.1 Å². The summed E-state index contributed by atoms with van der Waals surface area (Å²) >= 11 is 0. The number of alkyl halides is 3. The maximum Gasteiger partial charge on any atom is 0.416 e. The van der Waals surface area contributed by atoms with Crippen LogP contribution in [0.4, 0.5) is 13.2 Å². The smallest absolute Gasteiger partial charge is 0.314 e. The first kappa shape index (κ1) is 18.0. The normalized spacial score (nSPS) is 13.4. The van der Waals surface area contributed by atoms with E-state index in [2.05, 4.69) is 19.2 Å². The van der Waals surface area contributed by atoms with Crippen LogP contribution in [0.15, 0.2) is 18.2 Å². The number of benzene rings is 1. The second-order valence-corrected chi connectivity index (χ2v) is 5.62. The Bertz CT molecular complexity index is 427. The minimum atomic E-state index is -4.25. The number of rotatable bonds is 8. The molecule has 0 radical (unpaired) electrons. The Morgan fingerprint density at radius 2 is 1.81 bits per heavy atom. The average Bonchev–Trinajstić information content (AvgIpc) is 2.42. The Morgan fingerprint density at radius 1 is 1.10 bits per heavy atom. The number of aryl methyl sites for hydroxylation is 2. The highest BCUT2D eigenvalue weighted by Gasteiger charge is 2.30. The lowest BCUT2D eigenvalue weighted by Gasteiger charge is -2.18. The molecular weight excluding hydrogens is 275 g/mol. The molecule has 0 fully saturated rings. The van der Waals surface area contributed by atoms with E-state index in [1.807, 2.05) is 0 Å². The van der Waals surface area contributed by atoms with Crippen LogP contribution in [-0.2, 0) is 12.6 Å². The second-order valence-electron chi connectivity index (χ2n) is 5.62. The molecule has 0 aliphatic carbocycles. The van der Waals surface area contributed by atoms with Gasteiger partial charge in [-0.3, -0.25) is 0 Å². The van der Waals surface area contributed by atoms with Gasteiger partial charge < -0.3 is 5.32 Å². The molecule has 120 valence electrons. The molecule has 0 saturated carbocycles. The van der Waals surface area contributed by atoms with E-state index in [9.17, 15) is 13.2 Å². The molecule has 1 aromatic carbocycles. The van der Waals surface area contributed by atoms with Crippen LogP contribution in [0.5, 0.6) is 0 Å². The maximum absolute atomic E-state index is 12.6. The van der Waals surface area contributed by atoms with Crippen LogP contribution in [0.3, 0.4) is 0 Å². The van der Waals surface area contributed by atoms with Gasteiger partial charge in [-0.05, 0) is 62.4 Å². The number of nitrogens with one attached hydrogen (secondary N) is 1. The van der Waals surface area contributed by atoms with Gasteiger partial charge in [-0.1, -0.05) is 26.3 Å². The van der Waals surface area contributed by atoms with Crippen molar-refractivity contribution in [1.82, 2.24) is 5.32 Å². The minimum absolute atomic E-state index is 0.455. The van der Waals surface area contributed by atoms with Crippen molar-refractivity contribution in [2.45, 2.75) is 65.1 Å². The third kappa shape index (κ3) is 6.08. The Kier molecular flexibility index (Phi) is 7.23. The summed E-state index contributed by atoms with van der Waals surface area (Å²) in [5.41, 5.74) is 1.19. The standard InChI is InChI=1S/C17H26F3N/c1-4-6-16(21-11-5-2)10-8-14-7-9-15(12-13(14)3)17(18,19)20/h7,9,12,16,21H,4-6,8,10-11H2,1-3H3. The average molecular weight is 301 g/mol. The number of hydrogen-bond acceptors (Lipinski definition) is 1. The van der Waals surface area contributed by atoms with Crippen molar-refractivity contribution in [3.63, 3.8) is 0 Å². The molecule has 1 unspecified atom stereocenters. The summed E-state index contributed by atoms with van der Waals surface area (Å²) in [6, 6.07) is 4.53. The summed E-state index contributed by atoms with van der Waals surface area (Å²) < 4.78 is 37.9. The van der Waals surface area contributed by atoms with Crippen molar-refractivity contribution >= 4 is 0 Å². The third-order valence-electron chi connectivity index (χ3n) is 3.75. The van der Waals surface area contributed by atoms with E-state index < -0.39 is 11.7 Å². The highest BCUT2D eigenvalue weighted by molar-refractivity contribution is 5.32. The van der Waals surface area contributed by atoms with Crippen LogP contribution < -0.4 is 5.32 Å². The van der Waals surface area contributed by atoms with E-state index in [-0.39, 0.29) is 0 Å². The lowest BCUT2D eigenvalue weighted by Crippen LogP contribution is -2.30. The first-order chi connectivity index (χ1) is 9.88. The van der Waals surface area contributed by atoms with Crippen LogP contribution in [0.1, 0.15) is 56.2 Å². The molecule has 0 amide bonds. The number of halogens is 3. The van der Waals surface area contributed by atoms with Crippen LogP contribution >= 0.6 is 0 Å². The fourth-order valence-corrected chi connectivity index (χ4v) is 2.53. The van der Waals surface area contributed by atoms with Crippen molar-refractivity contribution in [3.05, 3.63) is 34.9 Å². The summed E-state index contributed by atoms with van der Waals surface area (Å²) in [5.74, 6) is 0. The first-order valence-electron chi connectivity index (χ1n) is 7.78. The summed E-state index contributed by atoms with van der Waals surface area (Å²) in [6.45, 7) is 7.05. The minimum Gasteiger partial charge on any atom is -0.314 e. The van der Waals surface area contributed by atoms with Crippen molar-refractivity contribution < 1.29 is 13.2 Å². The summed E-state index contributed by atoms with van der Waals surface area (Å²) in [5, 5.41) is 3.52. The van der Waals surface area contributed by atoms with Crippen LogP contribution in [0.25, 0.3) is 0 Å². The van der Waals surface area contributed by atoms with E-state index in [0.29, 0.717) is 6.04 Å². The largest absolute Gasteiger partial charge is 0.416 e. The van der Waals surface area contributed by atoms with E-state index in [4.69, 9.17) is 0 Å². The predicted octanol–water partition coefficient (Wildman–Crippen LogP) is 5.11. The zero-order chi connectivity index (χ0) is 15.9. The van der Waals surface area contributed by atoms with Gasteiger partial charge in [0.05, 0.1) is 5.56 Å². The molecule has 21 heavy (non-hydrogen) atoms. The number of hydrogen-bond donors (Lipinski definition) is 1. The molecule has 0 aromatic heterocycles. The zero-order valence-corrected chi connectivity index (χ0v) is 13.2. The van der Waals surface area contributed by atoms with Crippen molar-refractivity contribution in [3.8, 4) is 0 Å². The van der Waals surface area contributed by atoms with Gasteiger partial charge in [-0.25, -0.2) is 0 Å². The molecule has 0 saturated heterocycles. The molecule has 1 rings (SSSR count). The molecule has 0 bridgehead atoms. The van der Waals surface area contributed by atoms with Gasteiger partial charge in [-0.15, -0.1) is 0 Å². The van der Waals surface area contributed by atoms with Gasteiger partial charge in [0.2, 0.25) is 0 Å². The fraction of sp³-hybridized carbons (Fsp3) is 0.647. The Morgan fingerprint density at radius 3 is 2.33 bits per heavy atom. The molecule has 0 aliphatic heterocycles. The highest BCUT2D eigenvalue weighted by atomic mass is 19.4. The lowest BCUT2D eigenvalue weighted by atomic mass is 9.97. The van der Waals surface area contributed by atoms with E-state index >= 15 is 0 Å². The molecule has 0 spiro atoms. The van der Waals surface area contributed by atoms with Crippen molar-refractivity contribution in [2.24, 2.45) is 0 Å². The van der Waals surface area contributed by atoms with Gasteiger partial charge in [0, 0.05) is 6.04 Å². The van der Waals surface area contributed by atoms with E-state index in [1.54, 1.807) is 13.0 Å². The quantitative estimate of drug-likeness (QED) is 0.703. The monoisotopic (exact) mass is 301 g/mol. The third-order valence-corrected chi connectivity index (χ3v) is 3.75. The Labute approximate surface area is 125 Å². The highest BCUT2D eigenvalue weighted by Crippen LogP contribution is 2.30. The van der Waals surface area contributed by atoms with Gasteiger partial charge in [-0.2, -0.15) is 13.2 Å². The molecule has 1 N–H and O–H groups in total. The van der Waals surface area contributed by atoms with Crippen molar-refractivity contribution in [2.75, 3.05) is 6.54 Å². The second kappa shape index (κ2) is 8.42. The van der Waals surface area contributed by atoms with Crippen LogP contribution in [0.2, 0.25) is 0 Å². The van der Waals surface area contributed by atoms with Gasteiger partial charge in [0.25, 0.3) is 0 Å². The van der Waals surface area contributed by atoms with Gasteiger partial charge in [0.1, 0.15) is 0 Å². The SMILES string of the molecule is CCCNC(CCC)CCc1ccc(C(F)(F)F)cc1C. The van der Waals surface area contributed by atoms with Gasteiger partial charge in [0.15, 0.2) is 0 Å². The van der Waals surface area contributed by atoms with Gasteiger partial charge >= 0.3 is 6.18 Å². The molecule has 1 atom stereocenters. The molecule has 4 heteroatoms. The lowest BCUT2D eigenvalue weighted by molar-refractivity contribution is -0.137. The van der Waals surface area contributed by atoms with Crippen LogP contribution in [-0.4, -0.2) is 12.6 Å². The molecular formula is C17H26F3N. The zero-order valence-electron chi connectivity index (χ0n) is 13.2.